The molecule has 0 bridgehead atoms. The van der Waals surface area contributed by atoms with Gasteiger partial charge < -0.3 is 0 Å². The van der Waals surface area contributed by atoms with Crippen LogP contribution in [0.15, 0.2) is 10.3 Å². The summed E-state index contributed by atoms with van der Waals surface area (Å²) in [6, 6.07) is 0.333. The third-order valence-corrected chi connectivity index (χ3v) is 1.15. The van der Waals surface area contributed by atoms with Crippen molar-refractivity contribution in [3.05, 3.63) is 0 Å². The van der Waals surface area contributed by atoms with Crippen molar-refractivity contribution in [1.29, 1.82) is 0 Å². The third-order valence-electron chi connectivity index (χ3n) is 1.15. The molecule has 1 rings (SSSR count). The number of hydrogen-bond acceptors (Lipinski definition) is 2. The van der Waals surface area contributed by atoms with Gasteiger partial charge in [-0.3, -0.25) is 0 Å². The van der Waals surface area contributed by atoms with Gasteiger partial charge in [0.15, 0.2) is 0 Å². The van der Waals surface area contributed by atoms with Crippen molar-refractivity contribution in [2.24, 2.45) is 10.3 Å². The van der Waals surface area contributed by atoms with Crippen LogP contribution in [0.25, 0.3) is 0 Å². The maximum atomic E-state index is 3.93. The van der Waals surface area contributed by atoms with E-state index in [1.54, 1.807) is 4.68 Å². The highest BCUT2D eigenvalue weighted by Crippen LogP contribution is 1.99. The molecule has 3 heteroatoms. The molecule has 0 fully saturated rings. The zero-order valence-corrected chi connectivity index (χ0v) is 5.20. The van der Waals surface area contributed by atoms with E-state index in [9.17, 15) is 0 Å². The van der Waals surface area contributed by atoms with Crippen molar-refractivity contribution in [3.63, 3.8) is 0 Å². The number of hydrogen-bond donors (Lipinski definition) is 0. The number of rotatable bonds is 1. The minimum Gasteiger partial charge on any atom is -0.141 e. The highest BCUT2D eigenvalue weighted by atomic mass is 15.5. The minimum absolute atomic E-state index is 0.333. The van der Waals surface area contributed by atoms with Crippen LogP contribution < -0.4 is 0 Å². The van der Waals surface area contributed by atoms with Gasteiger partial charge in [-0.05, 0) is 6.42 Å². The molecule has 1 atom stereocenters. The van der Waals surface area contributed by atoms with Crippen LogP contribution in [-0.4, -0.2) is 24.0 Å². The lowest BCUT2D eigenvalue weighted by Crippen LogP contribution is -2.03. The first-order valence-electron chi connectivity index (χ1n) is 2.81. The lowest BCUT2D eigenvalue weighted by atomic mass is 10.3. The Balaban J connectivity index is 2.55. The maximum absolute atomic E-state index is 3.93. The second-order valence-electron chi connectivity index (χ2n) is 1.90. The lowest BCUT2D eigenvalue weighted by molar-refractivity contribution is -0.501. The Morgan fingerprint density at radius 3 is 2.75 bits per heavy atom. The Morgan fingerprint density at radius 1 is 1.75 bits per heavy atom. The van der Waals surface area contributed by atoms with Gasteiger partial charge in [0.1, 0.15) is 18.5 Å². The Hall–Kier alpha value is -0.730. The molecule has 8 heavy (non-hydrogen) atoms. The van der Waals surface area contributed by atoms with Crippen molar-refractivity contribution in [2.75, 3.05) is 7.05 Å². The van der Waals surface area contributed by atoms with Crippen LogP contribution >= 0.6 is 0 Å². The van der Waals surface area contributed by atoms with Crippen LogP contribution in [0.3, 0.4) is 0 Å². The fourth-order valence-corrected chi connectivity index (χ4v) is 0.644. The third kappa shape index (κ3) is 0.911. The molecule has 1 unspecified atom stereocenters. The van der Waals surface area contributed by atoms with Crippen LogP contribution in [0.2, 0.25) is 0 Å². The van der Waals surface area contributed by atoms with Crippen molar-refractivity contribution >= 4 is 6.21 Å². The van der Waals surface area contributed by atoms with Crippen molar-refractivity contribution in [1.82, 2.24) is 0 Å². The van der Waals surface area contributed by atoms with E-state index in [0.717, 1.165) is 6.42 Å². The fourth-order valence-electron chi connectivity index (χ4n) is 0.644. The Labute approximate surface area is 48.7 Å². The largest absolute Gasteiger partial charge is 0.222 e. The summed E-state index contributed by atoms with van der Waals surface area (Å²) in [7, 11) is 1.89. The van der Waals surface area contributed by atoms with Crippen LogP contribution in [0.4, 0.5) is 0 Å². The maximum Gasteiger partial charge on any atom is 0.222 e. The zero-order chi connectivity index (χ0) is 5.98. The molecule has 1 aliphatic heterocycles. The van der Waals surface area contributed by atoms with Gasteiger partial charge >= 0.3 is 0 Å². The first-order chi connectivity index (χ1) is 3.83. The van der Waals surface area contributed by atoms with Crippen LogP contribution in [0, 0.1) is 0 Å². The molecule has 1 heterocycles. The Morgan fingerprint density at radius 2 is 2.50 bits per heavy atom. The van der Waals surface area contributed by atoms with Crippen LogP contribution in [-0.2, 0) is 0 Å². The van der Waals surface area contributed by atoms with E-state index in [1.807, 2.05) is 13.3 Å². The van der Waals surface area contributed by atoms with Gasteiger partial charge in [0, 0.05) is 5.11 Å². The minimum atomic E-state index is 0.333. The number of nitrogens with zero attached hydrogens (tertiary/aromatic N) is 3. The molecule has 0 aromatic carbocycles. The highest BCUT2D eigenvalue weighted by molar-refractivity contribution is 5.59. The lowest BCUT2D eigenvalue weighted by Gasteiger charge is -1.80. The molecule has 0 N–H and O–H groups in total. The summed E-state index contributed by atoms with van der Waals surface area (Å²) >= 11 is 0. The summed E-state index contributed by atoms with van der Waals surface area (Å²) in [6.07, 6.45) is 3.05. The summed E-state index contributed by atoms with van der Waals surface area (Å²) in [6.45, 7) is 2.10. The van der Waals surface area contributed by atoms with Gasteiger partial charge in [-0.1, -0.05) is 6.92 Å². The predicted molar refractivity (Wildman–Crippen MR) is 31.2 cm³/mol. The molecule has 0 aromatic rings. The summed E-state index contributed by atoms with van der Waals surface area (Å²) in [5.41, 5.74) is 0. The van der Waals surface area contributed by atoms with E-state index in [0.29, 0.717) is 6.04 Å². The molecule has 3 nitrogen and oxygen atoms in total. The molecular formula is C5H10N3+. The van der Waals surface area contributed by atoms with Crippen molar-refractivity contribution < 1.29 is 4.68 Å². The second kappa shape index (κ2) is 2.03. The van der Waals surface area contributed by atoms with Crippen LogP contribution in [0.5, 0.6) is 0 Å². The van der Waals surface area contributed by atoms with Gasteiger partial charge in [-0.2, -0.15) is 0 Å². The monoisotopic (exact) mass is 112 g/mol. The Bertz CT molecular complexity index is 137. The molecule has 0 amide bonds. The smallest absolute Gasteiger partial charge is 0.141 e. The summed E-state index contributed by atoms with van der Waals surface area (Å²) in [4.78, 5) is 0. The average Bonchev–Trinajstić information content (AvgIpc) is 2.14. The molecule has 0 saturated carbocycles. The van der Waals surface area contributed by atoms with Gasteiger partial charge in [-0.25, -0.2) is 0 Å². The van der Waals surface area contributed by atoms with E-state index >= 15 is 0 Å². The van der Waals surface area contributed by atoms with Gasteiger partial charge in [0.05, 0.1) is 0 Å². The highest BCUT2D eigenvalue weighted by Gasteiger charge is 2.15. The molecule has 44 valence electrons. The zero-order valence-electron chi connectivity index (χ0n) is 5.20. The summed E-state index contributed by atoms with van der Waals surface area (Å²) in [5, 5.41) is 7.72. The van der Waals surface area contributed by atoms with Gasteiger partial charge in [-0.15, -0.1) is 4.68 Å². The average molecular weight is 112 g/mol. The van der Waals surface area contributed by atoms with E-state index in [1.165, 1.54) is 0 Å². The first-order valence-corrected chi connectivity index (χ1v) is 2.81. The van der Waals surface area contributed by atoms with Crippen molar-refractivity contribution in [3.8, 4) is 0 Å². The summed E-state index contributed by atoms with van der Waals surface area (Å²) in [5.74, 6) is 0. The molecule has 0 saturated heterocycles. The normalized spacial score (nSPS) is 26.2. The molecule has 0 radical (unpaired) electrons. The quantitative estimate of drug-likeness (QED) is 0.450. The van der Waals surface area contributed by atoms with Gasteiger partial charge in [0.2, 0.25) is 6.04 Å². The Kier molecular flexibility index (Phi) is 1.37. The molecule has 1 aliphatic rings. The van der Waals surface area contributed by atoms with E-state index in [4.69, 9.17) is 0 Å². The topological polar surface area (TPSA) is 27.7 Å². The molecular weight excluding hydrogens is 102 g/mol. The van der Waals surface area contributed by atoms with Crippen LogP contribution in [0.1, 0.15) is 13.3 Å². The van der Waals surface area contributed by atoms with E-state index in [2.05, 4.69) is 17.3 Å². The standard InChI is InChI=1S/C5H10N3/c1-3-5-4-8(2)7-6-5/h4-5H,3H2,1-2H3/q+1. The SMILES string of the molecule is CCC1C=[N+](C)N=N1. The molecule has 0 aliphatic carbocycles. The van der Waals surface area contributed by atoms with Crippen molar-refractivity contribution in [2.45, 2.75) is 19.4 Å². The second-order valence-corrected chi connectivity index (χ2v) is 1.90. The molecule has 0 aromatic heterocycles. The summed E-state index contributed by atoms with van der Waals surface area (Å²) < 4.78 is 1.74. The van der Waals surface area contributed by atoms with Gasteiger partial charge in [0.25, 0.3) is 0 Å². The fraction of sp³-hybridized carbons (Fsp3) is 0.800. The molecule has 0 spiro atoms. The first kappa shape index (κ1) is 5.41. The van der Waals surface area contributed by atoms with E-state index < -0.39 is 0 Å². The predicted octanol–water partition coefficient (Wildman–Crippen LogP) is 0.859. The van der Waals surface area contributed by atoms with E-state index in [-0.39, 0.29) is 0 Å².